The Morgan fingerprint density at radius 2 is 2.15 bits per heavy atom. The average molecular weight is 297 g/mol. The fourth-order valence-corrected chi connectivity index (χ4v) is 3.17. The summed E-state index contributed by atoms with van der Waals surface area (Å²) in [6.07, 6.45) is 2.43. The van der Waals surface area contributed by atoms with Crippen LogP contribution >= 0.6 is 11.6 Å². The zero-order chi connectivity index (χ0) is 14.5. The molecule has 0 saturated heterocycles. The van der Waals surface area contributed by atoms with E-state index in [0.717, 1.165) is 11.3 Å². The zero-order valence-corrected chi connectivity index (χ0v) is 12.7. The Bertz CT molecular complexity index is 661. The second kappa shape index (κ2) is 4.62. The van der Waals surface area contributed by atoms with Gasteiger partial charge in [0.2, 0.25) is 0 Å². The lowest BCUT2D eigenvalue weighted by atomic mass is 9.97. The Labute approximate surface area is 122 Å². The molecule has 3 rings (SSSR count). The monoisotopic (exact) mass is 296 g/mol. The van der Waals surface area contributed by atoms with Gasteiger partial charge in [0, 0.05) is 17.7 Å². The van der Waals surface area contributed by atoms with Crippen LogP contribution in [0, 0.1) is 11.7 Å². The molecule has 3 nitrogen and oxygen atoms in total. The topological polar surface area (TPSA) is 27.1 Å². The van der Waals surface area contributed by atoms with E-state index in [1.807, 2.05) is 0 Å². The molecule has 1 saturated carbocycles. The van der Waals surface area contributed by atoms with Crippen LogP contribution in [0.3, 0.4) is 0 Å². The van der Waals surface area contributed by atoms with Gasteiger partial charge in [-0.15, -0.1) is 11.6 Å². The summed E-state index contributed by atoms with van der Waals surface area (Å²) in [6, 6.07) is 3.14. The van der Waals surface area contributed by atoms with E-state index in [2.05, 4.69) is 23.4 Å². The lowest BCUT2D eigenvalue weighted by molar-refractivity contribution is 0.306. The lowest BCUT2D eigenvalue weighted by Gasteiger charge is -2.29. The molecule has 1 aromatic heterocycles. The maximum Gasteiger partial charge on any atom is 0.167 e. The van der Waals surface area contributed by atoms with Gasteiger partial charge >= 0.3 is 0 Å². The van der Waals surface area contributed by atoms with E-state index in [1.54, 1.807) is 6.07 Å². The van der Waals surface area contributed by atoms with E-state index in [-0.39, 0.29) is 11.3 Å². The molecule has 5 heteroatoms. The van der Waals surface area contributed by atoms with Gasteiger partial charge in [0.25, 0.3) is 0 Å². The molecule has 0 bridgehead atoms. The third-order valence-electron chi connectivity index (χ3n) is 4.27. The van der Waals surface area contributed by atoms with Crippen molar-refractivity contribution in [1.82, 2.24) is 9.55 Å². The van der Waals surface area contributed by atoms with Crippen LogP contribution < -0.4 is 4.74 Å². The van der Waals surface area contributed by atoms with E-state index >= 15 is 0 Å². The maximum atomic E-state index is 13.8. The Morgan fingerprint density at radius 3 is 2.70 bits per heavy atom. The number of hydrogen-bond donors (Lipinski definition) is 0. The standard InChI is InChI=1S/C15H18ClFN2O/c1-15(2,9-4-5-9)19-12-7-13(20-3)10(17)6-11(12)18-14(19)8-16/h6-7,9H,4-5,8H2,1-3H3. The molecule has 20 heavy (non-hydrogen) atoms. The maximum absolute atomic E-state index is 13.8. The molecule has 1 heterocycles. The molecule has 108 valence electrons. The van der Waals surface area contributed by atoms with Gasteiger partial charge in [-0.25, -0.2) is 9.37 Å². The molecule has 1 aliphatic carbocycles. The second-order valence-corrected chi connectivity index (χ2v) is 6.17. The van der Waals surface area contributed by atoms with Gasteiger partial charge in [0.15, 0.2) is 11.6 Å². The Balaban J connectivity index is 2.27. The molecule has 1 fully saturated rings. The summed E-state index contributed by atoms with van der Waals surface area (Å²) in [6.45, 7) is 4.38. The number of imidazole rings is 1. The molecule has 0 amide bonds. The van der Waals surface area contributed by atoms with Gasteiger partial charge < -0.3 is 9.30 Å². The van der Waals surface area contributed by atoms with Gasteiger partial charge in [-0.3, -0.25) is 0 Å². The molecule has 1 aromatic carbocycles. The van der Waals surface area contributed by atoms with Crippen molar-refractivity contribution in [2.75, 3.05) is 7.11 Å². The summed E-state index contributed by atoms with van der Waals surface area (Å²) in [7, 11) is 1.47. The summed E-state index contributed by atoms with van der Waals surface area (Å²) < 4.78 is 21.1. The summed E-state index contributed by atoms with van der Waals surface area (Å²) in [4.78, 5) is 4.48. The van der Waals surface area contributed by atoms with Crippen molar-refractivity contribution in [3.8, 4) is 5.75 Å². The molecule has 2 aromatic rings. The number of rotatable bonds is 4. The molecule has 0 atom stereocenters. The van der Waals surface area contributed by atoms with Crippen LogP contribution in [0.1, 0.15) is 32.5 Å². The Hall–Kier alpha value is -1.29. The third-order valence-corrected chi connectivity index (χ3v) is 4.51. The van der Waals surface area contributed by atoms with Gasteiger partial charge in [-0.05, 0) is 32.6 Å². The van der Waals surface area contributed by atoms with E-state index in [4.69, 9.17) is 16.3 Å². The summed E-state index contributed by atoms with van der Waals surface area (Å²) in [5.41, 5.74) is 1.45. The molecule has 0 aliphatic heterocycles. The third kappa shape index (κ3) is 1.97. The number of hydrogen-bond acceptors (Lipinski definition) is 2. The average Bonchev–Trinajstić information content (AvgIpc) is 3.20. The van der Waals surface area contributed by atoms with Gasteiger partial charge in [0.1, 0.15) is 5.82 Å². The normalized spacial score (nSPS) is 15.8. The van der Waals surface area contributed by atoms with Crippen LogP contribution in [0.25, 0.3) is 11.0 Å². The number of alkyl halides is 1. The van der Waals surface area contributed by atoms with Crippen LogP contribution in [0.2, 0.25) is 0 Å². The highest BCUT2D eigenvalue weighted by Gasteiger charge is 2.41. The first-order valence-electron chi connectivity index (χ1n) is 6.80. The summed E-state index contributed by atoms with van der Waals surface area (Å²) >= 11 is 6.04. The van der Waals surface area contributed by atoms with Crippen LogP contribution in [0.5, 0.6) is 5.75 Å². The van der Waals surface area contributed by atoms with Crippen molar-refractivity contribution < 1.29 is 9.13 Å². The van der Waals surface area contributed by atoms with Crippen LogP contribution in [0.4, 0.5) is 4.39 Å². The first-order valence-corrected chi connectivity index (χ1v) is 7.33. The molecule has 0 N–H and O–H groups in total. The molecule has 0 unspecified atom stereocenters. The first kappa shape index (κ1) is 13.7. The largest absolute Gasteiger partial charge is 0.494 e. The smallest absolute Gasteiger partial charge is 0.167 e. The molecular weight excluding hydrogens is 279 g/mol. The van der Waals surface area contributed by atoms with E-state index in [0.29, 0.717) is 17.3 Å². The Morgan fingerprint density at radius 1 is 1.45 bits per heavy atom. The molecule has 1 aliphatic rings. The zero-order valence-electron chi connectivity index (χ0n) is 11.9. The molecule has 0 spiro atoms. The van der Waals surface area contributed by atoms with E-state index in [1.165, 1.54) is 26.0 Å². The van der Waals surface area contributed by atoms with Crippen molar-refractivity contribution in [3.63, 3.8) is 0 Å². The van der Waals surface area contributed by atoms with Crippen molar-refractivity contribution in [3.05, 3.63) is 23.8 Å². The predicted molar refractivity (Wildman–Crippen MR) is 77.8 cm³/mol. The highest BCUT2D eigenvalue weighted by Crippen LogP contribution is 2.46. The lowest BCUT2D eigenvalue weighted by Crippen LogP contribution is -2.30. The number of nitrogens with zero attached hydrogens (tertiary/aromatic N) is 2. The SMILES string of the molecule is COc1cc2c(cc1F)nc(CCl)n2C(C)(C)C1CC1. The van der Waals surface area contributed by atoms with Crippen LogP contribution in [-0.2, 0) is 11.4 Å². The number of ether oxygens (including phenoxy) is 1. The number of halogens is 2. The van der Waals surface area contributed by atoms with Gasteiger partial charge in [-0.1, -0.05) is 0 Å². The summed E-state index contributed by atoms with van der Waals surface area (Å²) in [5.74, 6) is 1.57. The highest BCUT2D eigenvalue weighted by molar-refractivity contribution is 6.16. The number of benzene rings is 1. The Kier molecular flexibility index (Phi) is 3.16. The first-order chi connectivity index (χ1) is 9.48. The molecule has 0 radical (unpaired) electrons. The molecular formula is C15H18ClFN2O. The van der Waals surface area contributed by atoms with Crippen molar-refractivity contribution >= 4 is 22.6 Å². The minimum atomic E-state index is -0.394. The van der Waals surface area contributed by atoms with Crippen molar-refractivity contribution in [2.24, 2.45) is 5.92 Å². The number of fused-ring (bicyclic) bond motifs is 1. The quantitative estimate of drug-likeness (QED) is 0.795. The fraction of sp³-hybridized carbons (Fsp3) is 0.533. The van der Waals surface area contributed by atoms with E-state index in [9.17, 15) is 4.39 Å². The van der Waals surface area contributed by atoms with Crippen LogP contribution in [-0.4, -0.2) is 16.7 Å². The van der Waals surface area contributed by atoms with Gasteiger partial charge in [-0.2, -0.15) is 0 Å². The van der Waals surface area contributed by atoms with Crippen molar-refractivity contribution in [2.45, 2.75) is 38.1 Å². The minimum Gasteiger partial charge on any atom is -0.494 e. The second-order valence-electron chi connectivity index (χ2n) is 5.90. The number of methoxy groups -OCH3 is 1. The van der Waals surface area contributed by atoms with E-state index < -0.39 is 5.82 Å². The van der Waals surface area contributed by atoms with Crippen LogP contribution in [0.15, 0.2) is 12.1 Å². The predicted octanol–water partition coefficient (Wildman–Crippen LogP) is 4.07. The highest BCUT2D eigenvalue weighted by atomic mass is 35.5. The van der Waals surface area contributed by atoms with Gasteiger partial charge in [0.05, 0.1) is 24.0 Å². The number of aromatic nitrogens is 2. The fourth-order valence-electron chi connectivity index (χ4n) is 2.99. The minimum absolute atomic E-state index is 0.0676. The van der Waals surface area contributed by atoms with Crippen molar-refractivity contribution in [1.29, 1.82) is 0 Å². The summed E-state index contributed by atoms with van der Waals surface area (Å²) in [5, 5.41) is 0.